The number of rotatable bonds is 6. The lowest BCUT2D eigenvalue weighted by Gasteiger charge is -2.16. The van der Waals surface area contributed by atoms with Gasteiger partial charge in [-0.15, -0.1) is 0 Å². The van der Waals surface area contributed by atoms with E-state index in [1.165, 1.54) is 0 Å². The van der Waals surface area contributed by atoms with Crippen molar-refractivity contribution in [3.05, 3.63) is 17.5 Å². The molecule has 2 aliphatic carbocycles. The highest BCUT2D eigenvalue weighted by atomic mass is 16.4. The van der Waals surface area contributed by atoms with Crippen LogP contribution in [-0.2, 0) is 4.79 Å². The Hall–Kier alpha value is -1.85. The highest BCUT2D eigenvalue weighted by Crippen LogP contribution is 2.42. The van der Waals surface area contributed by atoms with E-state index in [0.717, 1.165) is 31.4 Å². The normalized spacial score (nSPS) is 25.3. The van der Waals surface area contributed by atoms with E-state index in [9.17, 15) is 9.59 Å². The van der Waals surface area contributed by atoms with Crippen molar-refractivity contribution in [1.82, 2.24) is 15.1 Å². The minimum atomic E-state index is -0.759. The minimum Gasteiger partial charge on any atom is -0.481 e. The van der Waals surface area contributed by atoms with Gasteiger partial charge in [0.1, 0.15) is 0 Å². The van der Waals surface area contributed by atoms with E-state index >= 15 is 0 Å². The first kappa shape index (κ1) is 16.0. The Labute approximate surface area is 136 Å². The summed E-state index contributed by atoms with van der Waals surface area (Å²) in [5.74, 6) is -0.740. The van der Waals surface area contributed by atoms with Crippen LogP contribution in [-0.4, -0.2) is 32.8 Å². The lowest BCUT2D eigenvalue weighted by Crippen LogP contribution is -2.33. The Morgan fingerprint density at radius 1 is 1.39 bits per heavy atom. The van der Waals surface area contributed by atoms with Gasteiger partial charge >= 0.3 is 5.97 Å². The van der Waals surface area contributed by atoms with Crippen LogP contribution in [0.25, 0.3) is 0 Å². The third-order valence-corrected chi connectivity index (χ3v) is 5.17. The third-order valence-electron chi connectivity index (χ3n) is 5.17. The fraction of sp³-hybridized carbons (Fsp3) is 0.706. The Bertz CT molecular complexity index is 606. The van der Waals surface area contributed by atoms with Gasteiger partial charge in [0.25, 0.3) is 5.91 Å². The Morgan fingerprint density at radius 2 is 2.13 bits per heavy atom. The number of aromatic nitrogens is 2. The van der Waals surface area contributed by atoms with Crippen molar-refractivity contribution in [2.75, 3.05) is 0 Å². The molecule has 2 fully saturated rings. The molecule has 2 aliphatic rings. The zero-order chi connectivity index (χ0) is 16.6. The standard InChI is InChI=1S/C17H25N3O3/c1-3-10(2)20-15(11-4-5-11)14(9-18-20)16(21)19-13-7-6-12(8-13)17(22)23/h9-13H,3-8H2,1-2H3,(H,19,21)(H,22,23)/t10?,12-,13+/m1/s1. The van der Waals surface area contributed by atoms with E-state index in [1.807, 2.05) is 4.68 Å². The molecule has 0 spiro atoms. The number of hydrogen-bond acceptors (Lipinski definition) is 3. The maximum Gasteiger partial charge on any atom is 0.306 e. The van der Waals surface area contributed by atoms with Gasteiger partial charge in [-0.25, -0.2) is 0 Å². The number of amides is 1. The van der Waals surface area contributed by atoms with E-state index in [4.69, 9.17) is 5.11 Å². The molecule has 1 heterocycles. The van der Waals surface area contributed by atoms with E-state index in [-0.39, 0.29) is 23.9 Å². The molecule has 2 N–H and O–H groups in total. The first-order valence-corrected chi connectivity index (χ1v) is 8.62. The van der Waals surface area contributed by atoms with Gasteiger partial charge in [-0.05, 0) is 45.4 Å². The lowest BCUT2D eigenvalue weighted by atomic mass is 10.1. The molecule has 1 amide bonds. The number of aliphatic carboxylic acids is 1. The van der Waals surface area contributed by atoms with Gasteiger partial charge in [0.2, 0.25) is 0 Å². The molecule has 3 rings (SSSR count). The van der Waals surface area contributed by atoms with Gasteiger partial charge < -0.3 is 10.4 Å². The number of hydrogen-bond donors (Lipinski definition) is 2. The van der Waals surface area contributed by atoms with E-state index < -0.39 is 5.97 Å². The number of nitrogens with one attached hydrogen (secondary N) is 1. The summed E-state index contributed by atoms with van der Waals surface area (Å²) in [6.45, 7) is 4.24. The lowest BCUT2D eigenvalue weighted by molar-refractivity contribution is -0.141. The van der Waals surface area contributed by atoms with Crippen molar-refractivity contribution >= 4 is 11.9 Å². The summed E-state index contributed by atoms with van der Waals surface area (Å²) in [5.41, 5.74) is 1.73. The second-order valence-corrected chi connectivity index (χ2v) is 6.94. The molecule has 6 heteroatoms. The van der Waals surface area contributed by atoms with E-state index in [2.05, 4.69) is 24.3 Å². The van der Waals surface area contributed by atoms with Crippen LogP contribution in [0.3, 0.4) is 0 Å². The van der Waals surface area contributed by atoms with Crippen LogP contribution < -0.4 is 5.32 Å². The summed E-state index contributed by atoms with van der Waals surface area (Å²) in [6, 6.07) is 0.248. The van der Waals surface area contributed by atoms with Gasteiger partial charge in [0.05, 0.1) is 23.4 Å². The molecule has 2 saturated carbocycles. The summed E-state index contributed by atoms with van der Waals surface area (Å²) in [6.07, 6.45) is 6.80. The molecule has 23 heavy (non-hydrogen) atoms. The fourth-order valence-corrected chi connectivity index (χ4v) is 3.43. The zero-order valence-electron chi connectivity index (χ0n) is 13.8. The van der Waals surface area contributed by atoms with Gasteiger partial charge in [-0.1, -0.05) is 6.92 Å². The Balaban J connectivity index is 1.73. The van der Waals surface area contributed by atoms with Crippen molar-refractivity contribution in [3.8, 4) is 0 Å². The first-order valence-electron chi connectivity index (χ1n) is 8.62. The quantitative estimate of drug-likeness (QED) is 0.844. The van der Waals surface area contributed by atoms with Crippen LogP contribution in [0.5, 0.6) is 0 Å². The van der Waals surface area contributed by atoms with Crippen molar-refractivity contribution in [2.24, 2.45) is 5.92 Å². The number of carbonyl (C=O) groups is 2. The largest absolute Gasteiger partial charge is 0.481 e. The number of carbonyl (C=O) groups excluding carboxylic acids is 1. The number of nitrogens with zero attached hydrogens (tertiary/aromatic N) is 2. The maximum absolute atomic E-state index is 12.6. The van der Waals surface area contributed by atoms with Crippen molar-refractivity contribution in [2.45, 2.75) is 70.4 Å². The molecule has 0 aliphatic heterocycles. The topological polar surface area (TPSA) is 84.2 Å². The molecule has 1 aromatic rings. The average Bonchev–Trinajstić information content (AvgIpc) is 3.09. The molecule has 0 saturated heterocycles. The minimum absolute atomic E-state index is 0.0393. The van der Waals surface area contributed by atoms with Crippen LogP contribution in [0.15, 0.2) is 6.20 Å². The van der Waals surface area contributed by atoms with Crippen LogP contribution >= 0.6 is 0 Å². The van der Waals surface area contributed by atoms with Crippen LogP contribution in [0.4, 0.5) is 0 Å². The molecule has 0 aromatic carbocycles. The molecule has 6 nitrogen and oxygen atoms in total. The molecule has 126 valence electrons. The van der Waals surface area contributed by atoms with Crippen LogP contribution in [0, 0.1) is 5.92 Å². The summed E-state index contributed by atoms with van der Waals surface area (Å²) in [7, 11) is 0. The van der Waals surface area contributed by atoms with Gasteiger partial charge in [-0.3, -0.25) is 14.3 Å². The second-order valence-electron chi connectivity index (χ2n) is 6.94. The SMILES string of the molecule is CCC(C)n1ncc(C(=O)N[C@H]2CC[C@@H](C(=O)O)C2)c1C1CC1. The van der Waals surface area contributed by atoms with Crippen molar-refractivity contribution in [3.63, 3.8) is 0 Å². The highest BCUT2D eigenvalue weighted by molar-refractivity contribution is 5.95. The molecular formula is C17H25N3O3. The molecule has 3 atom stereocenters. The van der Waals surface area contributed by atoms with E-state index in [0.29, 0.717) is 24.3 Å². The van der Waals surface area contributed by atoms with Crippen LogP contribution in [0.1, 0.15) is 80.4 Å². The molecule has 0 radical (unpaired) electrons. The molecule has 0 bridgehead atoms. The second kappa shape index (κ2) is 6.34. The Morgan fingerprint density at radius 3 is 2.70 bits per heavy atom. The van der Waals surface area contributed by atoms with Crippen LogP contribution in [0.2, 0.25) is 0 Å². The molecule has 1 aromatic heterocycles. The van der Waals surface area contributed by atoms with Gasteiger partial charge in [0, 0.05) is 18.0 Å². The molecule has 1 unspecified atom stereocenters. The summed E-state index contributed by atoms with van der Waals surface area (Å²) < 4.78 is 2.00. The fourth-order valence-electron chi connectivity index (χ4n) is 3.43. The van der Waals surface area contributed by atoms with Gasteiger partial charge in [0.15, 0.2) is 0 Å². The smallest absolute Gasteiger partial charge is 0.306 e. The summed E-state index contributed by atoms with van der Waals surface area (Å²) in [4.78, 5) is 23.7. The van der Waals surface area contributed by atoms with Crippen molar-refractivity contribution < 1.29 is 14.7 Å². The first-order chi connectivity index (χ1) is 11.0. The highest BCUT2D eigenvalue weighted by Gasteiger charge is 2.35. The maximum atomic E-state index is 12.6. The summed E-state index contributed by atoms with van der Waals surface area (Å²) in [5, 5.41) is 16.5. The number of carboxylic acid groups (broad SMARTS) is 1. The predicted molar refractivity (Wildman–Crippen MR) is 85.4 cm³/mol. The van der Waals surface area contributed by atoms with Crippen molar-refractivity contribution in [1.29, 1.82) is 0 Å². The number of carboxylic acids is 1. The van der Waals surface area contributed by atoms with Gasteiger partial charge in [-0.2, -0.15) is 5.10 Å². The Kier molecular flexibility index (Phi) is 4.41. The summed E-state index contributed by atoms with van der Waals surface area (Å²) >= 11 is 0. The zero-order valence-corrected chi connectivity index (χ0v) is 13.8. The monoisotopic (exact) mass is 319 g/mol. The third kappa shape index (κ3) is 3.26. The average molecular weight is 319 g/mol. The predicted octanol–water partition coefficient (Wildman–Crippen LogP) is 2.71. The van der Waals surface area contributed by atoms with E-state index in [1.54, 1.807) is 6.20 Å². The molecular weight excluding hydrogens is 294 g/mol.